The second kappa shape index (κ2) is 11.6. The van der Waals surface area contributed by atoms with Gasteiger partial charge in [-0.25, -0.2) is 0 Å². The zero-order chi connectivity index (χ0) is 21.2. The van der Waals surface area contributed by atoms with Crippen LogP contribution in [-0.4, -0.2) is 69.2 Å². The van der Waals surface area contributed by atoms with E-state index in [1.54, 1.807) is 7.11 Å². The monoisotopic (exact) mass is 411 g/mol. The van der Waals surface area contributed by atoms with E-state index < -0.39 is 0 Å². The maximum absolute atomic E-state index is 12.6. The molecule has 1 aliphatic rings. The largest absolute Gasteiger partial charge is 0.497 e. The highest BCUT2D eigenvalue weighted by Gasteiger charge is 2.21. The lowest BCUT2D eigenvalue weighted by molar-refractivity contribution is -0.122. The smallest absolute Gasteiger partial charge is 0.220 e. The van der Waals surface area contributed by atoms with Gasteiger partial charge in [0.15, 0.2) is 0 Å². The highest BCUT2D eigenvalue weighted by molar-refractivity contribution is 5.76. The van der Waals surface area contributed by atoms with Gasteiger partial charge in [-0.05, 0) is 43.3 Å². The molecule has 1 amide bonds. The molecule has 1 heterocycles. The summed E-state index contributed by atoms with van der Waals surface area (Å²) >= 11 is 0. The van der Waals surface area contributed by atoms with E-state index >= 15 is 0 Å². The lowest BCUT2D eigenvalue weighted by atomic mass is 10.1. The Morgan fingerprint density at radius 2 is 1.67 bits per heavy atom. The first kappa shape index (κ1) is 22.1. The van der Waals surface area contributed by atoms with Crippen molar-refractivity contribution in [2.75, 3.05) is 53.5 Å². The number of hydrogen-bond donors (Lipinski definition) is 1. The number of benzene rings is 2. The van der Waals surface area contributed by atoms with Crippen LogP contribution >= 0.6 is 0 Å². The fourth-order valence-electron chi connectivity index (χ4n) is 3.57. The summed E-state index contributed by atoms with van der Waals surface area (Å²) in [4.78, 5) is 17.4. The third-order valence-corrected chi connectivity index (χ3v) is 5.45. The molecule has 30 heavy (non-hydrogen) atoms. The minimum Gasteiger partial charge on any atom is -0.497 e. The second-order valence-electron chi connectivity index (χ2n) is 7.76. The number of carbonyl (C=O) groups is 1. The van der Waals surface area contributed by atoms with Crippen LogP contribution in [0.15, 0.2) is 54.6 Å². The molecule has 162 valence electrons. The van der Waals surface area contributed by atoms with E-state index in [0.29, 0.717) is 19.4 Å². The van der Waals surface area contributed by atoms with Gasteiger partial charge >= 0.3 is 0 Å². The molecule has 2 aromatic rings. The summed E-state index contributed by atoms with van der Waals surface area (Å²) in [5, 5.41) is 3.24. The Morgan fingerprint density at radius 1 is 1.00 bits per heavy atom. The van der Waals surface area contributed by atoms with Crippen molar-refractivity contribution in [3.05, 3.63) is 60.2 Å². The molecule has 3 rings (SSSR count). The zero-order valence-electron chi connectivity index (χ0n) is 18.0. The Hall–Kier alpha value is -2.57. The molecule has 1 atom stereocenters. The van der Waals surface area contributed by atoms with Gasteiger partial charge in [0.1, 0.15) is 11.5 Å². The molecule has 6 heteroatoms. The Labute approximate surface area is 179 Å². The van der Waals surface area contributed by atoms with Gasteiger partial charge in [-0.3, -0.25) is 9.69 Å². The summed E-state index contributed by atoms with van der Waals surface area (Å²) in [7, 11) is 3.79. The van der Waals surface area contributed by atoms with Crippen molar-refractivity contribution in [3.8, 4) is 11.5 Å². The normalized spacial score (nSPS) is 16.1. The van der Waals surface area contributed by atoms with Crippen molar-refractivity contribution in [2.24, 2.45) is 0 Å². The maximum atomic E-state index is 12.6. The van der Waals surface area contributed by atoms with E-state index in [9.17, 15) is 4.79 Å². The van der Waals surface area contributed by atoms with E-state index in [1.807, 2.05) is 42.5 Å². The average molecular weight is 412 g/mol. The highest BCUT2D eigenvalue weighted by atomic mass is 16.5. The summed E-state index contributed by atoms with van der Waals surface area (Å²) in [6, 6.07) is 17.7. The van der Waals surface area contributed by atoms with Crippen LogP contribution in [0.2, 0.25) is 0 Å². The van der Waals surface area contributed by atoms with Crippen molar-refractivity contribution in [2.45, 2.75) is 18.9 Å². The second-order valence-corrected chi connectivity index (χ2v) is 7.76. The molecule has 0 saturated carbocycles. The van der Waals surface area contributed by atoms with Crippen LogP contribution in [0.25, 0.3) is 0 Å². The minimum atomic E-state index is 0.00427. The molecular weight excluding hydrogens is 378 g/mol. The molecule has 0 aromatic heterocycles. The van der Waals surface area contributed by atoms with Gasteiger partial charge < -0.3 is 19.7 Å². The molecule has 0 aliphatic carbocycles. The number of nitrogens with zero attached hydrogens (tertiary/aromatic N) is 2. The van der Waals surface area contributed by atoms with Crippen LogP contribution in [0.4, 0.5) is 0 Å². The SMILES string of the molecule is COc1ccc(OCCCC(=O)NC(CN2CCN(C)CC2)c2ccccc2)cc1. The number of amides is 1. The van der Waals surface area contributed by atoms with Gasteiger partial charge in [0.05, 0.1) is 19.8 Å². The molecule has 2 aromatic carbocycles. The quantitative estimate of drug-likeness (QED) is 0.609. The Bertz CT molecular complexity index is 759. The number of piperazine rings is 1. The lowest BCUT2D eigenvalue weighted by Crippen LogP contribution is -2.47. The van der Waals surface area contributed by atoms with Gasteiger partial charge in [0, 0.05) is 39.1 Å². The number of ether oxygens (including phenoxy) is 2. The number of likely N-dealkylation sites (N-methyl/N-ethyl adjacent to an activating group) is 1. The van der Waals surface area contributed by atoms with Gasteiger partial charge in [0.25, 0.3) is 0 Å². The maximum Gasteiger partial charge on any atom is 0.220 e. The number of hydrogen-bond acceptors (Lipinski definition) is 5. The van der Waals surface area contributed by atoms with Crippen molar-refractivity contribution in [1.29, 1.82) is 0 Å². The highest BCUT2D eigenvalue weighted by Crippen LogP contribution is 2.18. The topological polar surface area (TPSA) is 54.0 Å². The molecule has 1 saturated heterocycles. The fourth-order valence-corrected chi connectivity index (χ4v) is 3.57. The predicted molar refractivity (Wildman–Crippen MR) is 119 cm³/mol. The zero-order valence-corrected chi connectivity index (χ0v) is 18.0. The Morgan fingerprint density at radius 3 is 2.33 bits per heavy atom. The van der Waals surface area contributed by atoms with Gasteiger partial charge in [0.2, 0.25) is 5.91 Å². The molecule has 6 nitrogen and oxygen atoms in total. The standard InChI is InChI=1S/C24H33N3O3/c1-26-14-16-27(17-15-26)19-23(20-7-4-3-5-8-20)25-24(28)9-6-18-30-22-12-10-21(29-2)11-13-22/h3-5,7-8,10-13,23H,6,9,14-19H2,1-2H3,(H,25,28). The van der Waals surface area contributed by atoms with Crippen LogP contribution in [0, 0.1) is 0 Å². The summed E-state index contributed by atoms with van der Waals surface area (Å²) in [5.41, 5.74) is 1.15. The van der Waals surface area contributed by atoms with Crippen LogP contribution in [-0.2, 0) is 4.79 Å². The third-order valence-electron chi connectivity index (χ3n) is 5.45. The molecule has 1 aliphatic heterocycles. The first-order valence-corrected chi connectivity index (χ1v) is 10.7. The number of methoxy groups -OCH3 is 1. The average Bonchev–Trinajstić information content (AvgIpc) is 2.79. The van der Waals surface area contributed by atoms with Gasteiger partial charge in [-0.15, -0.1) is 0 Å². The van der Waals surface area contributed by atoms with Crippen LogP contribution in [0.3, 0.4) is 0 Å². The van der Waals surface area contributed by atoms with Crippen molar-refractivity contribution in [3.63, 3.8) is 0 Å². The number of carbonyl (C=O) groups excluding carboxylic acids is 1. The lowest BCUT2D eigenvalue weighted by Gasteiger charge is -2.35. The van der Waals surface area contributed by atoms with Crippen molar-refractivity contribution in [1.82, 2.24) is 15.1 Å². The van der Waals surface area contributed by atoms with Crippen molar-refractivity contribution < 1.29 is 14.3 Å². The summed E-state index contributed by atoms with van der Waals surface area (Å²) in [6.07, 6.45) is 1.12. The first-order valence-electron chi connectivity index (χ1n) is 10.7. The molecule has 1 N–H and O–H groups in total. The van der Waals surface area contributed by atoms with E-state index in [-0.39, 0.29) is 11.9 Å². The van der Waals surface area contributed by atoms with E-state index in [4.69, 9.17) is 9.47 Å². The predicted octanol–water partition coefficient (Wildman–Crippen LogP) is 2.96. The summed E-state index contributed by atoms with van der Waals surface area (Å²) in [5.74, 6) is 1.65. The molecule has 1 fully saturated rings. The molecular formula is C24H33N3O3. The van der Waals surface area contributed by atoms with Crippen molar-refractivity contribution >= 4 is 5.91 Å². The molecule has 1 unspecified atom stereocenters. The Kier molecular flexibility index (Phi) is 8.53. The fraction of sp³-hybridized carbons (Fsp3) is 0.458. The van der Waals surface area contributed by atoms with Crippen LogP contribution in [0.1, 0.15) is 24.4 Å². The van der Waals surface area contributed by atoms with Crippen LogP contribution < -0.4 is 14.8 Å². The number of rotatable bonds is 10. The van der Waals surface area contributed by atoms with E-state index in [1.165, 1.54) is 0 Å². The minimum absolute atomic E-state index is 0.00427. The summed E-state index contributed by atoms with van der Waals surface area (Å²) in [6.45, 7) is 5.55. The Balaban J connectivity index is 1.46. The third kappa shape index (κ3) is 7.04. The van der Waals surface area contributed by atoms with Crippen LogP contribution in [0.5, 0.6) is 11.5 Å². The molecule has 0 bridgehead atoms. The molecule has 0 spiro atoms. The van der Waals surface area contributed by atoms with E-state index in [0.717, 1.165) is 49.8 Å². The van der Waals surface area contributed by atoms with Gasteiger partial charge in [-0.1, -0.05) is 30.3 Å². The first-order chi connectivity index (χ1) is 14.6. The van der Waals surface area contributed by atoms with E-state index in [2.05, 4.69) is 34.3 Å². The van der Waals surface area contributed by atoms with Gasteiger partial charge in [-0.2, -0.15) is 0 Å². The molecule has 0 radical (unpaired) electrons. The number of nitrogens with one attached hydrogen (secondary N) is 1. The summed E-state index contributed by atoms with van der Waals surface area (Å²) < 4.78 is 10.9.